The largest absolute Gasteiger partial charge is 0.455 e. The molecule has 0 N–H and O–H groups in total. The maximum absolute atomic E-state index is 12.8. The molecule has 1 aromatic heterocycles. The molecule has 1 aliphatic rings. The summed E-state index contributed by atoms with van der Waals surface area (Å²) >= 11 is 12.0. The zero-order valence-corrected chi connectivity index (χ0v) is 19.1. The molecule has 5 nitrogen and oxygen atoms in total. The average molecular weight is 477 g/mol. The molecule has 2 heterocycles. The lowest BCUT2D eigenvalue weighted by atomic mass is 10.2. The van der Waals surface area contributed by atoms with E-state index in [1.807, 2.05) is 36.4 Å². The summed E-state index contributed by atoms with van der Waals surface area (Å²) in [6.07, 6.45) is 0. The van der Waals surface area contributed by atoms with E-state index < -0.39 is 10.8 Å². The maximum atomic E-state index is 12.8. The summed E-state index contributed by atoms with van der Waals surface area (Å²) in [6, 6.07) is 18.4. The van der Waals surface area contributed by atoms with E-state index in [1.54, 1.807) is 29.2 Å². The van der Waals surface area contributed by atoms with Gasteiger partial charge in [0, 0.05) is 58.5 Å². The van der Waals surface area contributed by atoms with Crippen LogP contribution in [0.5, 0.6) is 0 Å². The number of halogens is 2. The van der Waals surface area contributed by atoms with Gasteiger partial charge in [-0.05, 0) is 48.0 Å². The van der Waals surface area contributed by atoms with E-state index in [0.29, 0.717) is 34.6 Å². The highest BCUT2D eigenvalue weighted by Gasteiger charge is 2.24. The number of anilines is 1. The third kappa shape index (κ3) is 5.70. The van der Waals surface area contributed by atoms with Crippen molar-refractivity contribution in [3.63, 3.8) is 0 Å². The van der Waals surface area contributed by atoms with E-state index >= 15 is 0 Å². The summed E-state index contributed by atoms with van der Waals surface area (Å²) in [7, 11) is -1.14. The van der Waals surface area contributed by atoms with E-state index in [9.17, 15) is 9.00 Å². The fourth-order valence-corrected chi connectivity index (χ4v) is 4.99. The molecule has 8 heteroatoms. The summed E-state index contributed by atoms with van der Waals surface area (Å²) in [4.78, 5) is 16.8. The van der Waals surface area contributed by atoms with Crippen molar-refractivity contribution in [1.82, 2.24) is 4.90 Å². The summed E-state index contributed by atoms with van der Waals surface area (Å²) in [5.41, 5.74) is 2.01. The molecule has 0 unspecified atom stereocenters. The average Bonchev–Trinajstić information content (AvgIpc) is 3.23. The molecular formula is C23H22Cl2N2O3S. The highest BCUT2D eigenvalue weighted by molar-refractivity contribution is 7.83. The molecule has 1 fully saturated rings. The minimum Gasteiger partial charge on any atom is -0.455 e. The Morgan fingerprint density at radius 3 is 2.35 bits per heavy atom. The summed E-state index contributed by atoms with van der Waals surface area (Å²) in [5.74, 6) is 1.37. The van der Waals surface area contributed by atoms with Crippen LogP contribution >= 0.6 is 23.2 Å². The lowest BCUT2D eigenvalue weighted by Gasteiger charge is -2.35. The second kappa shape index (κ2) is 9.90. The molecule has 0 radical (unpaired) electrons. The Hall–Kier alpha value is -2.28. The molecule has 3 aromatic rings. The van der Waals surface area contributed by atoms with Crippen LogP contribution < -0.4 is 4.90 Å². The van der Waals surface area contributed by atoms with Crippen LogP contribution in [0.3, 0.4) is 0 Å². The topological polar surface area (TPSA) is 53.8 Å². The summed E-state index contributed by atoms with van der Waals surface area (Å²) in [5, 5.41) is 1.35. The van der Waals surface area contributed by atoms with E-state index in [-0.39, 0.29) is 17.4 Å². The van der Waals surface area contributed by atoms with Gasteiger partial charge in [0.25, 0.3) is 5.91 Å². The minimum atomic E-state index is -1.14. The second-order valence-electron chi connectivity index (χ2n) is 7.38. The molecule has 1 atom stereocenters. The fourth-order valence-electron chi connectivity index (χ4n) is 3.54. The third-order valence-corrected chi connectivity index (χ3v) is 6.91. The number of nitrogens with zero attached hydrogens (tertiary/aromatic N) is 2. The third-order valence-electron chi connectivity index (χ3n) is 5.16. The smallest absolute Gasteiger partial charge is 0.289 e. The molecule has 0 bridgehead atoms. The molecule has 1 aliphatic heterocycles. The van der Waals surface area contributed by atoms with Crippen LogP contribution in [0.25, 0.3) is 0 Å². The molecule has 1 saturated heterocycles. The van der Waals surface area contributed by atoms with Crippen molar-refractivity contribution in [2.75, 3.05) is 31.1 Å². The van der Waals surface area contributed by atoms with Crippen LogP contribution in [-0.2, 0) is 22.3 Å². The van der Waals surface area contributed by atoms with Gasteiger partial charge in [-0.3, -0.25) is 9.00 Å². The van der Waals surface area contributed by atoms with Gasteiger partial charge in [-0.2, -0.15) is 0 Å². The number of carbonyl (C=O) groups is 1. The second-order valence-corrected chi connectivity index (χ2v) is 9.71. The predicted octanol–water partition coefficient (Wildman–Crippen LogP) is 5.00. The van der Waals surface area contributed by atoms with Crippen molar-refractivity contribution < 1.29 is 13.4 Å². The van der Waals surface area contributed by atoms with Crippen LogP contribution in [-0.4, -0.2) is 41.2 Å². The summed E-state index contributed by atoms with van der Waals surface area (Å²) < 4.78 is 18.2. The maximum Gasteiger partial charge on any atom is 0.289 e. The Morgan fingerprint density at radius 1 is 0.903 bits per heavy atom. The standard InChI is InChI=1S/C23H22Cl2N2O3S/c24-18-6-4-17(5-7-18)15-31(29)16-21-8-9-22(30-21)23(28)27-12-10-26(11-13-27)20-3-1-2-19(25)14-20/h1-9,14H,10-13,15-16H2/t31-/m0/s1. The van der Waals surface area contributed by atoms with Gasteiger partial charge < -0.3 is 14.2 Å². The number of carbonyl (C=O) groups excluding carboxylic acids is 1. The van der Waals surface area contributed by atoms with Gasteiger partial charge in [-0.15, -0.1) is 0 Å². The quantitative estimate of drug-likeness (QED) is 0.502. The van der Waals surface area contributed by atoms with Crippen molar-refractivity contribution in [2.24, 2.45) is 0 Å². The Kier molecular flexibility index (Phi) is 7.00. The van der Waals surface area contributed by atoms with E-state index in [4.69, 9.17) is 27.6 Å². The number of hydrogen-bond acceptors (Lipinski definition) is 4. The molecule has 0 spiro atoms. The van der Waals surface area contributed by atoms with Gasteiger partial charge in [0.05, 0.1) is 5.75 Å². The molecule has 0 aliphatic carbocycles. The van der Waals surface area contributed by atoms with Gasteiger partial charge in [-0.1, -0.05) is 41.4 Å². The molecule has 1 amide bonds. The monoisotopic (exact) mass is 476 g/mol. The van der Waals surface area contributed by atoms with E-state index in [1.165, 1.54) is 0 Å². The van der Waals surface area contributed by atoms with Crippen molar-refractivity contribution in [1.29, 1.82) is 0 Å². The Bertz CT molecular complexity index is 1080. The van der Waals surface area contributed by atoms with Crippen molar-refractivity contribution in [2.45, 2.75) is 11.5 Å². The van der Waals surface area contributed by atoms with Crippen LogP contribution in [0.4, 0.5) is 5.69 Å². The Balaban J connectivity index is 1.31. The van der Waals surface area contributed by atoms with E-state index in [2.05, 4.69) is 4.90 Å². The first kappa shape index (κ1) is 21.9. The number of rotatable bonds is 6. The lowest BCUT2D eigenvalue weighted by molar-refractivity contribution is 0.0713. The van der Waals surface area contributed by atoms with Gasteiger partial charge in [0.2, 0.25) is 0 Å². The Morgan fingerprint density at radius 2 is 1.65 bits per heavy atom. The van der Waals surface area contributed by atoms with Crippen molar-refractivity contribution >= 4 is 45.6 Å². The van der Waals surface area contributed by atoms with Crippen LogP contribution in [0.1, 0.15) is 21.9 Å². The fraction of sp³-hybridized carbons (Fsp3) is 0.261. The van der Waals surface area contributed by atoms with Gasteiger partial charge in [0.1, 0.15) is 5.76 Å². The summed E-state index contributed by atoms with van der Waals surface area (Å²) in [6.45, 7) is 2.66. The van der Waals surface area contributed by atoms with E-state index in [0.717, 1.165) is 24.3 Å². The first-order valence-electron chi connectivity index (χ1n) is 9.96. The molecule has 0 saturated carbocycles. The molecular weight excluding hydrogens is 455 g/mol. The zero-order valence-electron chi connectivity index (χ0n) is 16.8. The van der Waals surface area contributed by atoms with Crippen LogP contribution in [0.15, 0.2) is 65.1 Å². The first-order valence-corrected chi connectivity index (χ1v) is 12.2. The number of piperazine rings is 1. The predicted molar refractivity (Wildman–Crippen MR) is 125 cm³/mol. The number of furan rings is 1. The van der Waals surface area contributed by atoms with Crippen molar-refractivity contribution in [3.05, 3.63) is 87.8 Å². The van der Waals surface area contributed by atoms with Gasteiger partial charge >= 0.3 is 0 Å². The molecule has 31 heavy (non-hydrogen) atoms. The SMILES string of the molecule is O=C(c1ccc(C[S@@](=O)Cc2ccc(Cl)cc2)o1)N1CCN(c2cccc(Cl)c2)CC1. The van der Waals surface area contributed by atoms with Gasteiger partial charge in [-0.25, -0.2) is 0 Å². The van der Waals surface area contributed by atoms with Crippen LogP contribution in [0.2, 0.25) is 10.0 Å². The number of hydrogen-bond donors (Lipinski definition) is 0. The highest BCUT2D eigenvalue weighted by atomic mass is 35.5. The normalized spacial score (nSPS) is 15.2. The molecule has 162 valence electrons. The lowest BCUT2D eigenvalue weighted by Crippen LogP contribution is -2.48. The van der Waals surface area contributed by atoms with Crippen LogP contribution in [0, 0.1) is 0 Å². The molecule has 2 aromatic carbocycles. The number of amides is 1. The Labute approximate surface area is 194 Å². The first-order chi connectivity index (χ1) is 15.0. The van der Waals surface area contributed by atoms with Crippen molar-refractivity contribution in [3.8, 4) is 0 Å². The zero-order chi connectivity index (χ0) is 21.8. The van der Waals surface area contributed by atoms with Gasteiger partial charge in [0.15, 0.2) is 5.76 Å². The molecule has 4 rings (SSSR count). The highest BCUT2D eigenvalue weighted by Crippen LogP contribution is 2.22. The minimum absolute atomic E-state index is 0.138. The number of benzene rings is 2.